The summed E-state index contributed by atoms with van der Waals surface area (Å²) in [5.74, 6) is 0.383. The van der Waals surface area contributed by atoms with Crippen molar-refractivity contribution in [3.8, 4) is 0 Å². The molecular formula is C19H29N3O5S2. The van der Waals surface area contributed by atoms with Crippen molar-refractivity contribution in [2.45, 2.75) is 31.2 Å². The Kier molecular flexibility index (Phi) is 8.79. The van der Waals surface area contributed by atoms with Crippen LogP contribution < -0.4 is 4.72 Å². The van der Waals surface area contributed by atoms with Gasteiger partial charge in [-0.3, -0.25) is 4.79 Å². The molecule has 1 unspecified atom stereocenters. The van der Waals surface area contributed by atoms with Crippen LogP contribution in [0.2, 0.25) is 0 Å². The summed E-state index contributed by atoms with van der Waals surface area (Å²) >= 11 is 1.55. The van der Waals surface area contributed by atoms with Gasteiger partial charge in [0.2, 0.25) is 15.9 Å². The third-order valence-corrected chi connectivity index (χ3v) is 6.79. The van der Waals surface area contributed by atoms with Crippen molar-refractivity contribution in [2.24, 2.45) is 0 Å². The third-order valence-electron chi connectivity index (χ3n) is 4.65. The van der Waals surface area contributed by atoms with Crippen LogP contribution in [0.1, 0.15) is 18.9 Å². The average molecular weight is 444 g/mol. The lowest BCUT2D eigenvalue weighted by atomic mass is 10.2. The molecule has 0 spiro atoms. The van der Waals surface area contributed by atoms with Crippen LogP contribution in [0.3, 0.4) is 0 Å². The molecule has 1 aliphatic heterocycles. The lowest BCUT2D eigenvalue weighted by molar-refractivity contribution is -0.134. The zero-order valence-corrected chi connectivity index (χ0v) is 18.7. The first-order valence-electron chi connectivity index (χ1n) is 9.57. The normalized spacial score (nSPS) is 15.8. The second-order valence-electron chi connectivity index (χ2n) is 6.78. The first-order chi connectivity index (χ1) is 13.8. The SMILES string of the molecule is CCOC(=O)N1CCN(C(=O)C(CCSC)NS(=O)(=O)c2ccc(C)cc2)CC1. The van der Waals surface area contributed by atoms with Crippen LogP contribution in [0.4, 0.5) is 4.79 Å². The Balaban J connectivity index is 2.06. The Labute approximate surface area is 177 Å². The van der Waals surface area contributed by atoms with E-state index in [-0.39, 0.29) is 10.8 Å². The number of hydrogen-bond acceptors (Lipinski definition) is 6. The van der Waals surface area contributed by atoms with Crippen molar-refractivity contribution in [2.75, 3.05) is 44.8 Å². The number of hydrogen-bond donors (Lipinski definition) is 1. The molecule has 1 N–H and O–H groups in total. The minimum atomic E-state index is -3.81. The van der Waals surface area contributed by atoms with Crippen LogP contribution in [0.5, 0.6) is 0 Å². The Bertz CT molecular complexity index is 791. The van der Waals surface area contributed by atoms with E-state index in [2.05, 4.69) is 4.72 Å². The predicted molar refractivity (Wildman–Crippen MR) is 113 cm³/mol. The molecule has 10 heteroatoms. The number of amides is 2. The van der Waals surface area contributed by atoms with E-state index in [0.717, 1.165) is 5.56 Å². The maximum absolute atomic E-state index is 13.0. The number of carbonyl (C=O) groups excluding carboxylic acids is 2. The topological polar surface area (TPSA) is 96.0 Å². The summed E-state index contributed by atoms with van der Waals surface area (Å²) in [6.45, 7) is 5.35. The highest BCUT2D eigenvalue weighted by Crippen LogP contribution is 2.14. The molecule has 0 aliphatic carbocycles. The number of aryl methyl sites for hydroxylation is 1. The summed E-state index contributed by atoms with van der Waals surface area (Å²) in [4.78, 5) is 28.2. The molecule has 1 aromatic rings. The lowest BCUT2D eigenvalue weighted by Gasteiger charge is -2.35. The second kappa shape index (κ2) is 10.8. The number of piperazine rings is 1. The fraction of sp³-hybridized carbons (Fsp3) is 0.579. The van der Waals surface area contributed by atoms with Crippen molar-refractivity contribution in [3.05, 3.63) is 29.8 Å². The number of thioether (sulfide) groups is 1. The van der Waals surface area contributed by atoms with Crippen LogP contribution in [-0.2, 0) is 19.6 Å². The standard InChI is InChI=1S/C19H29N3O5S2/c1-4-27-19(24)22-12-10-21(11-13-22)18(23)17(9-14-28-3)20-29(25,26)16-7-5-15(2)6-8-16/h5-8,17,20H,4,9-14H2,1-3H3. The lowest BCUT2D eigenvalue weighted by Crippen LogP contribution is -2.56. The van der Waals surface area contributed by atoms with Gasteiger partial charge in [-0.05, 0) is 44.4 Å². The fourth-order valence-corrected chi connectivity index (χ4v) is 4.68. The van der Waals surface area contributed by atoms with Gasteiger partial charge < -0.3 is 14.5 Å². The van der Waals surface area contributed by atoms with E-state index in [0.29, 0.717) is 45.0 Å². The molecule has 1 atom stereocenters. The Morgan fingerprint density at radius 1 is 1.14 bits per heavy atom. The number of nitrogens with one attached hydrogen (secondary N) is 1. The highest BCUT2D eigenvalue weighted by Gasteiger charge is 2.32. The molecule has 0 saturated carbocycles. The summed E-state index contributed by atoms with van der Waals surface area (Å²) < 4.78 is 33.1. The number of nitrogens with zero attached hydrogens (tertiary/aromatic N) is 2. The molecular weight excluding hydrogens is 414 g/mol. The first-order valence-corrected chi connectivity index (χ1v) is 12.4. The summed E-state index contributed by atoms with van der Waals surface area (Å²) in [6, 6.07) is 5.67. The summed E-state index contributed by atoms with van der Waals surface area (Å²) in [5.41, 5.74) is 0.957. The van der Waals surface area contributed by atoms with E-state index in [4.69, 9.17) is 4.74 Å². The maximum atomic E-state index is 13.0. The Morgan fingerprint density at radius 2 is 1.72 bits per heavy atom. The van der Waals surface area contributed by atoms with Gasteiger partial charge in [0.05, 0.1) is 11.5 Å². The highest BCUT2D eigenvalue weighted by molar-refractivity contribution is 7.98. The van der Waals surface area contributed by atoms with Gasteiger partial charge in [-0.25, -0.2) is 13.2 Å². The first kappa shape index (κ1) is 23.5. The monoisotopic (exact) mass is 443 g/mol. The Morgan fingerprint density at radius 3 is 2.28 bits per heavy atom. The number of ether oxygens (including phenoxy) is 1. The molecule has 1 aromatic carbocycles. The van der Waals surface area contributed by atoms with Gasteiger partial charge in [0.1, 0.15) is 6.04 Å². The number of benzene rings is 1. The number of rotatable bonds is 8. The molecule has 8 nitrogen and oxygen atoms in total. The highest BCUT2D eigenvalue weighted by atomic mass is 32.2. The molecule has 29 heavy (non-hydrogen) atoms. The van der Waals surface area contributed by atoms with Crippen molar-refractivity contribution in [1.29, 1.82) is 0 Å². The fourth-order valence-electron chi connectivity index (χ4n) is 2.99. The Hall–Kier alpha value is -1.78. The quantitative estimate of drug-likeness (QED) is 0.657. The van der Waals surface area contributed by atoms with Gasteiger partial charge in [-0.1, -0.05) is 17.7 Å². The van der Waals surface area contributed by atoms with E-state index in [1.165, 1.54) is 12.1 Å². The van der Waals surface area contributed by atoms with Crippen molar-refractivity contribution < 1.29 is 22.7 Å². The van der Waals surface area contributed by atoms with E-state index < -0.39 is 22.2 Å². The molecule has 1 aliphatic rings. The minimum Gasteiger partial charge on any atom is -0.450 e. The van der Waals surface area contributed by atoms with Gasteiger partial charge in [0.15, 0.2) is 0 Å². The molecule has 0 aromatic heterocycles. The summed E-state index contributed by atoms with van der Waals surface area (Å²) in [5, 5.41) is 0. The second-order valence-corrected chi connectivity index (χ2v) is 9.48. The molecule has 0 radical (unpaired) electrons. The van der Waals surface area contributed by atoms with Gasteiger partial charge >= 0.3 is 6.09 Å². The van der Waals surface area contributed by atoms with Crippen LogP contribution in [0, 0.1) is 6.92 Å². The van der Waals surface area contributed by atoms with Gasteiger partial charge in [0.25, 0.3) is 0 Å². The molecule has 1 heterocycles. The van der Waals surface area contributed by atoms with Crippen molar-refractivity contribution in [1.82, 2.24) is 14.5 Å². The predicted octanol–water partition coefficient (Wildman–Crippen LogP) is 1.70. The van der Waals surface area contributed by atoms with E-state index in [1.54, 1.807) is 40.6 Å². The minimum absolute atomic E-state index is 0.136. The molecule has 1 saturated heterocycles. The summed E-state index contributed by atoms with van der Waals surface area (Å²) in [6.07, 6.45) is 1.91. The van der Waals surface area contributed by atoms with Crippen LogP contribution in [0.15, 0.2) is 29.2 Å². The van der Waals surface area contributed by atoms with Crippen LogP contribution in [-0.4, -0.2) is 81.1 Å². The molecule has 2 rings (SSSR count). The third kappa shape index (κ3) is 6.61. The van der Waals surface area contributed by atoms with Crippen LogP contribution >= 0.6 is 11.8 Å². The number of carbonyl (C=O) groups is 2. The van der Waals surface area contributed by atoms with E-state index in [1.807, 2.05) is 13.2 Å². The van der Waals surface area contributed by atoms with Gasteiger partial charge in [0, 0.05) is 26.2 Å². The average Bonchev–Trinajstić information content (AvgIpc) is 2.71. The van der Waals surface area contributed by atoms with E-state index in [9.17, 15) is 18.0 Å². The number of sulfonamides is 1. The zero-order chi connectivity index (χ0) is 21.4. The maximum Gasteiger partial charge on any atom is 0.409 e. The van der Waals surface area contributed by atoms with Gasteiger partial charge in [-0.15, -0.1) is 0 Å². The molecule has 162 valence electrons. The van der Waals surface area contributed by atoms with Gasteiger partial charge in [-0.2, -0.15) is 16.5 Å². The molecule has 1 fully saturated rings. The molecule has 0 bridgehead atoms. The van der Waals surface area contributed by atoms with Crippen molar-refractivity contribution >= 4 is 33.8 Å². The molecule has 2 amide bonds. The van der Waals surface area contributed by atoms with E-state index >= 15 is 0 Å². The van der Waals surface area contributed by atoms with Crippen molar-refractivity contribution in [3.63, 3.8) is 0 Å². The summed E-state index contributed by atoms with van der Waals surface area (Å²) in [7, 11) is -3.81. The zero-order valence-electron chi connectivity index (χ0n) is 17.1. The largest absolute Gasteiger partial charge is 0.450 e. The smallest absolute Gasteiger partial charge is 0.409 e. The van der Waals surface area contributed by atoms with Crippen LogP contribution in [0.25, 0.3) is 0 Å².